The van der Waals surface area contributed by atoms with Crippen LogP contribution in [-0.4, -0.2) is 55.5 Å². The number of benzene rings is 1. The summed E-state index contributed by atoms with van der Waals surface area (Å²) in [5, 5.41) is 0. The van der Waals surface area contributed by atoms with E-state index in [2.05, 4.69) is 4.74 Å². The van der Waals surface area contributed by atoms with Crippen molar-refractivity contribution in [2.45, 2.75) is 44.6 Å². The van der Waals surface area contributed by atoms with E-state index >= 15 is 0 Å². The largest absolute Gasteiger partial charge is 0.467 e. The number of methoxy groups -OCH3 is 1. The van der Waals surface area contributed by atoms with Gasteiger partial charge in [0.15, 0.2) is 5.78 Å². The maximum atomic E-state index is 12.3. The molecule has 28 heavy (non-hydrogen) atoms. The lowest BCUT2D eigenvalue weighted by Gasteiger charge is -2.34. The average Bonchev–Trinajstić information content (AvgIpc) is 2.70. The van der Waals surface area contributed by atoms with Crippen molar-refractivity contribution in [3.8, 4) is 0 Å². The smallest absolute Gasteiger partial charge is 0.331 e. The maximum absolute atomic E-state index is 12.3. The molecule has 1 aliphatic rings. The lowest BCUT2D eigenvalue weighted by Crippen LogP contribution is -2.43. The zero-order chi connectivity index (χ0) is 20.2. The highest BCUT2D eigenvalue weighted by molar-refractivity contribution is 5.91. The third kappa shape index (κ3) is 7.64. The number of hydrogen-bond acceptors (Lipinski definition) is 5. The van der Waals surface area contributed by atoms with Gasteiger partial charge in [0.05, 0.1) is 13.2 Å². The highest BCUT2D eigenvalue weighted by atomic mass is 16.6. The molecule has 2 rings (SSSR count). The number of ketones is 1. The quantitative estimate of drug-likeness (QED) is 0.332. The molecule has 0 unspecified atom stereocenters. The second-order valence-electron chi connectivity index (χ2n) is 6.87. The van der Waals surface area contributed by atoms with Crippen molar-refractivity contribution in [1.29, 1.82) is 0 Å². The van der Waals surface area contributed by atoms with Gasteiger partial charge < -0.3 is 14.4 Å². The van der Waals surface area contributed by atoms with Crippen LogP contribution >= 0.6 is 0 Å². The number of carbonyl (C=O) groups is 3. The zero-order valence-corrected chi connectivity index (χ0v) is 16.5. The van der Waals surface area contributed by atoms with Gasteiger partial charge in [-0.3, -0.25) is 9.59 Å². The number of rotatable bonds is 11. The van der Waals surface area contributed by atoms with Crippen molar-refractivity contribution in [2.75, 3.05) is 26.9 Å². The molecule has 0 bridgehead atoms. The molecule has 1 saturated heterocycles. The zero-order valence-electron chi connectivity index (χ0n) is 16.5. The van der Waals surface area contributed by atoms with Crippen molar-refractivity contribution in [1.82, 2.24) is 4.90 Å². The molecule has 6 heteroatoms. The van der Waals surface area contributed by atoms with E-state index in [9.17, 15) is 14.4 Å². The number of hydrogen-bond donors (Lipinski definition) is 0. The molecule has 0 N–H and O–H groups in total. The second kappa shape index (κ2) is 12.1. The fraction of sp³-hybridized carbons (Fsp3) is 0.500. The molecular formula is C22H29NO5. The van der Waals surface area contributed by atoms with Crippen LogP contribution < -0.4 is 0 Å². The van der Waals surface area contributed by atoms with Gasteiger partial charge in [0, 0.05) is 26.0 Å². The van der Waals surface area contributed by atoms with E-state index in [1.807, 2.05) is 41.3 Å². The monoisotopic (exact) mass is 387 g/mol. The summed E-state index contributed by atoms with van der Waals surface area (Å²) >= 11 is 0. The van der Waals surface area contributed by atoms with Crippen LogP contribution in [0.1, 0.15) is 37.7 Å². The molecule has 1 amide bonds. The number of esters is 1. The third-order valence-electron chi connectivity index (χ3n) is 4.72. The van der Waals surface area contributed by atoms with Crippen molar-refractivity contribution < 1.29 is 23.9 Å². The molecule has 1 aromatic rings. The SMILES string of the molecule is COC(=O)COCCCCN1C(=O)CCC[C@@H]1/C=C/C(=O)Cc1ccccc1. The van der Waals surface area contributed by atoms with Crippen LogP contribution in [0, 0.1) is 0 Å². The summed E-state index contributed by atoms with van der Waals surface area (Å²) in [5.41, 5.74) is 0.987. The fourth-order valence-electron chi connectivity index (χ4n) is 3.21. The fourth-order valence-corrected chi connectivity index (χ4v) is 3.21. The standard InChI is InChI=1S/C22H29NO5/c1-27-22(26)17-28-15-6-5-14-23-19(10-7-11-21(23)25)12-13-20(24)16-18-8-3-2-4-9-18/h2-4,8-9,12-13,19H,5-7,10-11,14-17H2,1H3/b13-12+/t19-/m1/s1. The number of piperidine rings is 1. The van der Waals surface area contributed by atoms with Gasteiger partial charge in [-0.05, 0) is 37.3 Å². The van der Waals surface area contributed by atoms with Gasteiger partial charge in [0.25, 0.3) is 0 Å². The Labute approximate surface area is 166 Å². The Bertz CT molecular complexity index is 671. The summed E-state index contributed by atoms with van der Waals surface area (Å²) in [6.07, 6.45) is 7.67. The number of carbonyl (C=O) groups excluding carboxylic acids is 3. The Morgan fingerprint density at radius 1 is 1.21 bits per heavy atom. The van der Waals surface area contributed by atoms with Crippen LogP contribution in [0.5, 0.6) is 0 Å². The van der Waals surface area contributed by atoms with Gasteiger partial charge in [0.1, 0.15) is 6.61 Å². The van der Waals surface area contributed by atoms with Crippen LogP contribution in [0.15, 0.2) is 42.5 Å². The summed E-state index contributed by atoms with van der Waals surface area (Å²) in [6.45, 7) is 1.03. The minimum absolute atomic E-state index is 0.0306. The predicted octanol–water partition coefficient (Wildman–Crippen LogP) is 2.71. The highest BCUT2D eigenvalue weighted by Gasteiger charge is 2.25. The molecule has 1 atom stereocenters. The van der Waals surface area contributed by atoms with Crippen LogP contribution in [0.25, 0.3) is 0 Å². The molecule has 1 heterocycles. The number of ether oxygens (including phenoxy) is 2. The van der Waals surface area contributed by atoms with E-state index in [0.29, 0.717) is 26.0 Å². The van der Waals surface area contributed by atoms with Crippen LogP contribution in [0.2, 0.25) is 0 Å². The second-order valence-corrected chi connectivity index (χ2v) is 6.87. The first-order valence-electron chi connectivity index (χ1n) is 9.79. The number of nitrogens with zero attached hydrogens (tertiary/aromatic N) is 1. The minimum atomic E-state index is -0.392. The lowest BCUT2D eigenvalue weighted by molar-refractivity contribution is -0.145. The molecule has 6 nitrogen and oxygen atoms in total. The Morgan fingerprint density at radius 3 is 2.75 bits per heavy atom. The number of amides is 1. The topological polar surface area (TPSA) is 72.9 Å². The van der Waals surface area contributed by atoms with E-state index < -0.39 is 5.97 Å². The average molecular weight is 387 g/mol. The molecule has 152 valence electrons. The number of likely N-dealkylation sites (tertiary alicyclic amines) is 1. The van der Waals surface area contributed by atoms with Crippen molar-refractivity contribution in [2.24, 2.45) is 0 Å². The van der Waals surface area contributed by atoms with Gasteiger partial charge in [-0.25, -0.2) is 4.79 Å². The summed E-state index contributed by atoms with van der Waals surface area (Å²) in [4.78, 5) is 37.4. The summed E-state index contributed by atoms with van der Waals surface area (Å²) in [7, 11) is 1.33. The van der Waals surface area contributed by atoms with Crippen LogP contribution in [0.4, 0.5) is 0 Å². The molecule has 0 aliphatic carbocycles. The van der Waals surface area contributed by atoms with E-state index in [4.69, 9.17) is 4.74 Å². The molecule has 0 aromatic heterocycles. The molecule has 1 aromatic carbocycles. The van der Waals surface area contributed by atoms with Gasteiger partial charge in [-0.1, -0.05) is 36.4 Å². The Hall–Kier alpha value is -2.47. The van der Waals surface area contributed by atoms with Crippen molar-refractivity contribution in [3.05, 3.63) is 48.0 Å². The Kier molecular flexibility index (Phi) is 9.42. The van der Waals surface area contributed by atoms with E-state index in [1.54, 1.807) is 6.08 Å². The molecule has 0 spiro atoms. The summed E-state index contributed by atoms with van der Waals surface area (Å²) in [5.74, 6) is -0.219. The number of unbranched alkanes of at least 4 members (excludes halogenated alkanes) is 1. The normalized spacial score (nSPS) is 17.1. The molecular weight excluding hydrogens is 358 g/mol. The summed E-state index contributed by atoms with van der Waals surface area (Å²) < 4.78 is 9.74. The van der Waals surface area contributed by atoms with Gasteiger partial charge in [-0.2, -0.15) is 0 Å². The highest BCUT2D eigenvalue weighted by Crippen LogP contribution is 2.20. The summed E-state index contributed by atoms with van der Waals surface area (Å²) in [6, 6.07) is 9.60. The van der Waals surface area contributed by atoms with Crippen molar-refractivity contribution >= 4 is 17.7 Å². The van der Waals surface area contributed by atoms with Gasteiger partial charge in [0.2, 0.25) is 5.91 Å². The van der Waals surface area contributed by atoms with Gasteiger partial charge >= 0.3 is 5.97 Å². The van der Waals surface area contributed by atoms with E-state index in [-0.39, 0.29) is 24.3 Å². The van der Waals surface area contributed by atoms with E-state index in [1.165, 1.54) is 7.11 Å². The van der Waals surface area contributed by atoms with Crippen molar-refractivity contribution in [3.63, 3.8) is 0 Å². The number of allylic oxidation sites excluding steroid dienone is 1. The molecule has 0 radical (unpaired) electrons. The maximum Gasteiger partial charge on any atom is 0.331 e. The molecule has 1 aliphatic heterocycles. The Balaban J connectivity index is 1.78. The third-order valence-corrected chi connectivity index (χ3v) is 4.72. The molecule has 0 saturated carbocycles. The lowest BCUT2D eigenvalue weighted by atomic mass is 9.99. The Morgan fingerprint density at radius 2 is 2.00 bits per heavy atom. The van der Waals surface area contributed by atoms with E-state index in [0.717, 1.165) is 31.2 Å². The molecule has 1 fully saturated rings. The van der Waals surface area contributed by atoms with Crippen LogP contribution in [-0.2, 0) is 30.3 Å². The first kappa shape index (κ1) is 21.8. The van der Waals surface area contributed by atoms with Gasteiger partial charge in [-0.15, -0.1) is 0 Å². The first-order valence-corrected chi connectivity index (χ1v) is 9.79. The minimum Gasteiger partial charge on any atom is -0.467 e. The predicted molar refractivity (Wildman–Crippen MR) is 106 cm³/mol. The van der Waals surface area contributed by atoms with Crippen LogP contribution in [0.3, 0.4) is 0 Å². The first-order chi connectivity index (χ1) is 13.6.